The second-order valence-electron chi connectivity index (χ2n) is 8.35. The Balaban J connectivity index is 1.66. The van der Waals surface area contributed by atoms with E-state index in [0.29, 0.717) is 22.7 Å². The number of nitrogens with one attached hydrogen (secondary N) is 1. The topological polar surface area (TPSA) is 111 Å². The van der Waals surface area contributed by atoms with Gasteiger partial charge in [0.2, 0.25) is 5.91 Å². The number of aryl methyl sites for hydroxylation is 2. The molecule has 0 atom stereocenters. The van der Waals surface area contributed by atoms with Gasteiger partial charge in [0, 0.05) is 5.69 Å². The van der Waals surface area contributed by atoms with Crippen LogP contribution in [0.1, 0.15) is 30.5 Å². The lowest BCUT2D eigenvalue weighted by Gasteiger charge is -2.13. The van der Waals surface area contributed by atoms with Gasteiger partial charge in [0.05, 0.1) is 18.1 Å². The fourth-order valence-corrected chi connectivity index (χ4v) is 4.12. The molecule has 2 aromatic rings. The van der Waals surface area contributed by atoms with Crippen LogP contribution in [0, 0.1) is 13.8 Å². The summed E-state index contributed by atoms with van der Waals surface area (Å²) in [6.45, 7) is 6.71. The van der Waals surface area contributed by atoms with Gasteiger partial charge in [-0.05, 0) is 86.5 Å². The van der Waals surface area contributed by atoms with E-state index in [-0.39, 0.29) is 17.6 Å². The molecule has 2 aromatic carbocycles. The van der Waals surface area contributed by atoms with Crippen molar-refractivity contribution < 1.29 is 33.4 Å². The van der Waals surface area contributed by atoms with Gasteiger partial charge < -0.3 is 19.5 Å². The van der Waals surface area contributed by atoms with E-state index in [1.54, 1.807) is 38.1 Å². The molecule has 1 heterocycles. The third-order valence-corrected chi connectivity index (χ3v) is 6.07. The molecule has 9 nitrogen and oxygen atoms in total. The molecule has 0 aromatic heterocycles. The summed E-state index contributed by atoms with van der Waals surface area (Å²) in [6, 6.07) is 10.3. The van der Waals surface area contributed by atoms with Gasteiger partial charge in [-0.25, -0.2) is 4.79 Å². The number of ether oxygens (including phenoxy) is 3. The number of thioether (sulfide) groups is 1. The Bertz CT molecular complexity index is 1220. The molecule has 0 radical (unpaired) electrons. The number of esters is 1. The predicted octanol–water partition coefficient (Wildman–Crippen LogP) is 4.32. The second-order valence-corrected chi connectivity index (χ2v) is 9.35. The van der Waals surface area contributed by atoms with Crippen molar-refractivity contribution in [3.05, 3.63) is 58.0 Å². The van der Waals surface area contributed by atoms with Crippen LogP contribution in [0.4, 0.5) is 10.5 Å². The molecule has 1 fully saturated rings. The van der Waals surface area contributed by atoms with Crippen LogP contribution in [-0.2, 0) is 19.1 Å². The lowest BCUT2D eigenvalue weighted by molar-refractivity contribution is -0.149. The Labute approximate surface area is 213 Å². The average molecular weight is 513 g/mol. The minimum atomic E-state index is -0.559. The minimum absolute atomic E-state index is 0.176. The molecule has 0 spiro atoms. The molecule has 1 aliphatic rings. The number of amides is 3. The fraction of sp³-hybridized carbons (Fsp3) is 0.308. The summed E-state index contributed by atoms with van der Waals surface area (Å²) in [5, 5.41) is 2.19. The fourth-order valence-electron chi connectivity index (χ4n) is 3.28. The third kappa shape index (κ3) is 6.88. The van der Waals surface area contributed by atoms with Gasteiger partial charge in [0.1, 0.15) is 6.54 Å². The van der Waals surface area contributed by atoms with Crippen LogP contribution in [0.5, 0.6) is 11.5 Å². The molecule has 0 bridgehead atoms. The standard InChI is InChI=1S/C26H28N2O7S/c1-15(2)35-24(30)14-34-20-9-7-18(11-21(20)33-5)12-22-25(31)28(26(32)36-22)13-23(29)27-19-8-6-16(3)17(4)10-19/h6-12,15H,13-14H2,1-5H3,(H,27,29)/b22-12-. The van der Waals surface area contributed by atoms with E-state index in [4.69, 9.17) is 14.2 Å². The number of anilines is 1. The molecule has 0 saturated carbocycles. The molecule has 190 valence electrons. The first-order valence-corrected chi connectivity index (χ1v) is 12.0. The molecule has 0 unspecified atom stereocenters. The Hall–Kier alpha value is -3.79. The van der Waals surface area contributed by atoms with Crippen LogP contribution in [0.15, 0.2) is 41.3 Å². The molecule has 1 aliphatic heterocycles. The Kier molecular flexibility index (Phi) is 8.76. The molecule has 0 aliphatic carbocycles. The maximum atomic E-state index is 12.8. The summed E-state index contributed by atoms with van der Waals surface area (Å²) in [5.74, 6) is -0.872. The van der Waals surface area contributed by atoms with Crippen molar-refractivity contribution in [3.63, 3.8) is 0 Å². The molecule has 36 heavy (non-hydrogen) atoms. The Morgan fingerprint density at radius 1 is 1.06 bits per heavy atom. The highest BCUT2D eigenvalue weighted by Gasteiger charge is 2.36. The normalized spacial score (nSPS) is 14.4. The number of rotatable bonds is 9. The van der Waals surface area contributed by atoms with Crippen molar-refractivity contribution in [2.45, 2.75) is 33.8 Å². The van der Waals surface area contributed by atoms with Crippen LogP contribution < -0.4 is 14.8 Å². The highest BCUT2D eigenvalue weighted by Crippen LogP contribution is 2.34. The van der Waals surface area contributed by atoms with Gasteiger partial charge in [0.15, 0.2) is 18.1 Å². The number of imide groups is 1. The van der Waals surface area contributed by atoms with Crippen molar-refractivity contribution >= 4 is 46.5 Å². The predicted molar refractivity (Wildman–Crippen MR) is 137 cm³/mol. The largest absolute Gasteiger partial charge is 0.493 e. The zero-order valence-electron chi connectivity index (χ0n) is 20.7. The van der Waals surface area contributed by atoms with Crippen molar-refractivity contribution in [1.29, 1.82) is 0 Å². The quantitative estimate of drug-likeness (QED) is 0.391. The van der Waals surface area contributed by atoms with Gasteiger partial charge in [0.25, 0.3) is 11.1 Å². The summed E-state index contributed by atoms with van der Waals surface area (Å²) in [7, 11) is 1.44. The van der Waals surface area contributed by atoms with Crippen LogP contribution in [-0.4, -0.2) is 54.3 Å². The first-order valence-electron chi connectivity index (χ1n) is 11.2. The highest BCUT2D eigenvalue weighted by atomic mass is 32.2. The van der Waals surface area contributed by atoms with E-state index >= 15 is 0 Å². The van der Waals surface area contributed by atoms with Crippen molar-refractivity contribution in [2.75, 3.05) is 25.6 Å². The number of nitrogens with zero attached hydrogens (tertiary/aromatic N) is 1. The lowest BCUT2D eigenvalue weighted by Crippen LogP contribution is -2.36. The van der Waals surface area contributed by atoms with Gasteiger partial charge in [-0.15, -0.1) is 0 Å². The summed E-state index contributed by atoms with van der Waals surface area (Å²) in [5.41, 5.74) is 3.28. The zero-order chi connectivity index (χ0) is 26.4. The van der Waals surface area contributed by atoms with Crippen molar-refractivity contribution in [3.8, 4) is 11.5 Å². The Morgan fingerprint density at radius 2 is 1.81 bits per heavy atom. The zero-order valence-corrected chi connectivity index (χ0v) is 21.6. The van der Waals surface area contributed by atoms with E-state index < -0.39 is 29.6 Å². The van der Waals surface area contributed by atoms with Gasteiger partial charge >= 0.3 is 5.97 Å². The smallest absolute Gasteiger partial charge is 0.344 e. The van der Waals surface area contributed by atoms with E-state index in [9.17, 15) is 19.2 Å². The number of methoxy groups -OCH3 is 1. The first kappa shape index (κ1) is 26.8. The molecule has 10 heteroatoms. The van der Waals surface area contributed by atoms with Crippen LogP contribution in [0.25, 0.3) is 6.08 Å². The third-order valence-electron chi connectivity index (χ3n) is 5.16. The lowest BCUT2D eigenvalue weighted by atomic mass is 10.1. The van der Waals surface area contributed by atoms with E-state index in [0.717, 1.165) is 27.8 Å². The summed E-state index contributed by atoms with van der Waals surface area (Å²) >= 11 is 0.752. The number of hydrogen-bond acceptors (Lipinski definition) is 8. The number of carbonyl (C=O) groups excluding carboxylic acids is 4. The summed E-state index contributed by atoms with van der Waals surface area (Å²) < 4.78 is 15.8. The molecular weight excluding hydrogens is 484 g/mol. The first-order chi connectivity index (χ1) is 17.1. The Morgan fingerprint density at radius 3 is 2.47 bits per heavy atom. The van der Waals surface area contributed by atoms with Gasteiger partial charge in [-0.1, -0.05) is 12.1 Å². The summed E-state index contributed by atoms with van der Waals surface area (Å²) in [4.78, 5) is 50.5. The minimum Gasteiger partial charge on any atom is -0.493 e. The van der Waals surface area contributed by atoms with Crippen LogP contribution >= 0.6 is 11.8 Å². The monoisotopic (exact) mass is 512 g/mol. The number of carbonyl (C=O) groups is 4. The maximum Gasteiger partial charge on any atom is 0.344 e. The maximum absolute atomic E-state index is 12.8. The number of hydrogen-bond donors (Lipinski definition) is 1. The SMILES string of the molecule is COc1cc(/C=C2\SC(=O)N(CC(=O)Nc3ccc(C)c(C)c3)C2=O)ccc1OCC(=O)OC(C)C. The second kappa shape index (κ2) is 11.8. The highest BCUT2D eigenvalue weighted by molar-refractivity contribution is 8.18. The summed E-state index contributed by atoms with van der Waals surface area (Å²) in [6.07, 6.45) is 1.28. The van der Waals surface area contributed by atoms with Gasteiger partial charge in [-0.2, -0.15) is 0 Å². The van der Waals surface area contributed by atoms with Crippen LogP contribution in [0.2, 0.25) is 0 Å². The average Bonchev–Trinajstić information content (AvgIpc) is 3.07. The number of benzene rings is 2. The molecule has 3 amide bonds. The van der Waals surface area contributed by atoms with Crippen LogP contribution in [0.3, 0.4) is 0 Å². The molecule has 1 saturated heterocycles. The molecule has 3 rings (SSSR count). The van der Waals surface area contributed by atoms with E-state index in [1.165, 1.54) is 13.2 Å². The van der Waals surface area contributed by atoms with Crippen molar-refractivity contribution in [1.82, 2.24) is 4.90 Å². The van der Waals surface area contributed by atoms with Crippen molar-refractivity contribution in [2.24, 2.45) is 0 Å². The molecule has 1 N–H and O–H groups in total. The van der Waals surface area contributed by atoms with E-state index in [2.05, 4.69) is 5.32 Å². The van der Waals surface area contributed by atoms with Gasteiger partial charge in [-0.3, -0.25) is 19.3 Å². The van der Waals surface area contributed by atoms with E-state index in [1.807, 2.05) is 26.0 Å². The molecular formula is C26H28N2O7S.